The molecule has 0 aromatic heterocycles. The third-order valence-corrected chi connectivity index (χ3v) is 5.38. The molecule has 0 aliphatic carbocycles. The molecular weight excluding hydrogens is 346 g/mol. The minimum atomic E-state index is 0.0665. The van der Waals surface area contributed by atoms with Crippen LogP contribution in [-0.2, 0) is 11.8 Å². The van der Waals surface area contributed by atoms with E-state index in [0.717, 1.165) is 45.6 Å². The van der Waals surface area contributed by atoms with Crippen molar-refractivity contribution in [1.82, 2.24) is 10.2 Å². The van der Waals surface area contributed by atoms with Crippen molar-refractivity contribution >= 4 is 11.7 Å². The molecule has 1 aliphatic heterocycles. The van der Waals surface area contributed by atoms with Gasteiger partial charge in [-0.05, 0) is 35.4 Å². The smallest absolute Gasteiger partial charge is 0.317 e. The molecule has 0 unspecified atom stereocenters. The van der Waals surface area contributed by atoms with E-state index in [1.54, 1.807) is 0 Å². The first-order valence-electron chi connectivity index (χ1n) is 10.4. The molecule has 1 aliphatic rings. The Hall–Kier alpha value is -2.49. The van der Waals surface area contributed by atoms with Gasteiger partial charge in [0.2, 0.25) is 0 Å². The van der Waals surface area contributed by atoms with Gasteiger partial charge >= 0.3 is 6.03 Å². The lowest BCUT2D eigenvalue weighted by Gasteiger charge is -2.38. The lowest BCUT2D eigenvalue weighted by atomic mass is 9.85. The average Bonchev–Trinajstić information content (AvgIpc) is 2.71. The SMILES string of the molecule is CC(C)(C)c1ccccc1N1CCN(C(=O)NCCCc2ccccc2)CC1. The number of benzene rings is 2. The summed E-state index contributed by atoms with van der Waals surface area (Å²) in [5.74, 6) is 0. The summed E-state index contributed by atoms with van der Waals surface area (Å²) in [5.41, 5.74) is 4.11. The number of aryl methyl sites for hydroxylation is 1. The van der Waals surface area contributed by atoms with Crippen molar-refractivity contribution < 1.29 is 4.79 Å². The van der Waals surface area contributed by atoms with Crippen LogP contribution in [0.3, 0.4) is 0 Å². The first-order chi connectivity index (χ1) is 13.4. The molecule has 1 fully saturated rings. The zero-order valence-electron chi connectivity index (χ0n) is 17.4. The third kappa shape index (κ3) is 5.28. The summed E-state index contributed by atoms with van der Waals surface area (Å²) in [5, 5.41) is 3.08. The van der Waals surface area contributed by atoms with Crippen LogP contribution in [0.15, 0.2) is 54.6 Å². The number of hydrogen-bond acceptors (Lipinski definition) is 2. The summed E-state index contributed by atoms with van der Waals surface area (Å²) in [7, 11) is 0. The molecule has 0 radical (unpaired) electrons. The number of urea groups is 1. The molecule has 150 valence electrons. The van der Waals surface area contributed by atoms with E-state index in [2.05, 4.69) is 79.5 Å². The second-order valence-corrected chi connectivity index (χ2v) is 8.56. The van der Waals surface area contributed by atoms with Crippen LogP contribution in [0.25, 0.3) is 0 Å². The summed E-state index contributed by atoms with van der Waals surface area (Å²) in [6, 6.07) is 19.1. The van der Waals surface area contributed by atoms with Gasteiger partial charge in [0.15, 0.2) is 0 Å². The van der Waals surface area contributed by atoms with Crippen LogP contribution in [0, 0.1) is 0 Å². The van der Waals surface area contributed by atoms with Crippen LogP contribution in [0.4, 0.5) is 10.5 Å². The summed E-state index contributed by atoms with van der Waals surface area (Å²) in [4.78, 5) is 16.8. The highest BCUT2D eigenvalue weighted by atomic mass is 16.2. The van der Waals surface area contributed by atoms with E-state index in [1.807, 2.05) is 11.0 Å². The molecule has 28 heavy (non-hydrogen) atoms. The van der Waals surface area contributed by atoms with Crippen molar-refractivity contribution in [2.75, 3.05) is 37.6 Å². The predicted molar refractivity (Wildman–Crippen MR) is 117 cm³/mol. The summed E-state index contributed by atoms with van der Waals surface area (Å²) in [6.07, 6.45) is 1.97. The topological polar surface area (TPSA) is 35.6 Å². The Kier molecular flexibility index (Phi) is 6.61. The maximum Gasteiger partial charge on any atom is 0.317 e. The standard InChI is InChI=1S/C24H33N3O/c1-24(2,3)21-13-7-8-14-22(21)26-16-18-27(19-17-26)23(28)25-15-9-12-20-10-5-4-6-11-20/h4-8,10-11,13-14H,9,12,15-19H2,1-3H3,(H,25,28). The van der Waals surface area contributed by atoms with E-state index in [0.29, 0.717) is 0 Å². The summed E-state index contributed by atoms with van der Waals surface area (Å²) < 4.78 is 0. The molecule has 1 heterocycles. The molecule has 4 nitrogen and oxygen atoms in total. The first kappa shape index (κ1) is 20.2. The second-order valence-electron chi connectivity index (χ2n) is 8.56. The molecule has 4 heteroatoms. The monoisotopic (exact) mass is 379 g/mol. The molecule has 2 amide bonds. The van der Waals surface area contributed by atoms with E-state index in [-0.39, 0.29) is 11.4 Å². The number of amides is 2. The highest BCUT2D eigenvalue weighted by Crippen LogP contribution is 2.32. The Morgan fingerprint density at radius 1 is 0.929 bits per heavy atom. The maximum atomic E-state index is 12.5. The summed E-state index contributed by atoms with van der Waals surface area (Å²) in [6.45, 7) is 10.8. The zero-order chi connectivity index (χ0) is 20.0. The van der Waals surface area contributed by atoms with Crippen molar-refractivity contribution in [3.8, 4) is 0 Å². The molecule has 1 N–H and O–H groups in total. The molecule has 0 bridgehead atoms. The van der Waals surface area contributed by atoms with Crippen LogP contribution in [0.5, 0.6) is 0 Å². The Labute approximate surface area is 169 Å². The van der Waals surface area contributed by atoms with Gasteiger partial charge in [-0.3, -0.25) is 0 Å². The van der Waals surface area contributed by atoms with E-state index in [1.165, 1.54) is 16.8 Å². The van der Waals surface area contributed by atoms with E-state index >= 15 is 0 Å². The highest BCUT2D eigenvalue weighted by molar-refractivity contribution is 5.74. The van der Waals surface area contributed by atoms with Gasteiger partial charge in [0, 0.05) is 38.4 Å². The predicted octanol–water partition coefficient (Wildman–Crippen LogP) is 4.45. The van der Waals surface area contributed by atoms with E-state index in [4.69, 9.17) is 0 Å². The van der Waals surface area contributed by atoms with Crippen molar-refractivity contribution in [3.05, 3.63) is 65.7 Å². The quantitative estimate of drug-likeness (QED) is 0.779. The van der Waals surface area contributed by atoms with Gasteiger partial charge in [0.1, 0.15) is 0 Å². The fraction of sp³-hybridized carbons (Fsp3) is 0.458. The van der Waals surface area contributed by atoms with Gasteiger partial charge in [-0.25, -0.2) is 4.79 Å². The lowest BCUT2D eigenvalue weighted by Crippen LogP contribution is -2.52. The third-order valence-electron chi connectivity index (χ3n) is 5.38. The highest BCUT2D eigenvalue weighted by Gasteiger charge is 2.25. The van der Waals surface area contributed by atoms with Gasteiger partial charge in [0.25, 0.3) is 0 Å². The molecule has 2 aromatic carbocycles. The number of hydrogen-bond donors (Lipinski definition) is 1. The van der Waals surface area contributed by atoms with Gasteiger partial charge in [0.05, 0.1) is 0 Å². The number of para-hydroxylation sites is 1. The number of carbonyl (C=O) groups excluding carboxylic acids is 1. The Bertz CT molecular complexity index is 759. The zero-order valence-corrected chi connectivity index (χ0v) is 17.4. The first-order valence-corrected chi connectivity index (χ1v) is 10.4. The lowest BCUT2D eigenvalue weighted by molar-refractivity contribution is 0.194. The van der Waals surface area contributed by atoms with Crippen LogP contribution in [-0.4, -0.2) is 43.7 Å². The molecule has 0 spiro atoms. The van der Waals surface area contributed by atoms with Gasteiger partial charge < -0.3 is 15.1 Å². The number of rotatable bonds is 5. The molecule has 3 rings (SSSR count). The van der Waals surface area contributed by atoms with Gasteiger partial charge in [-0.15, -0.1) is 0 Å². The molecule has 1 saturated heterocycles. The number of nitrogens with one attached hydrogen (secondary N) is 1. The number of carbonyl (C=O) groups is 1. The normalized spacial score (nSPS) is 14.8. The summed E-state index contributed by atoms with van der Waals surface area (Å²) >= 11 is 0. The van der Waals surface area contributed by atoms with Crippen molar-refractivity contribution in [2.45, 2.75) is 39.0 Å². The van der Waals surface area contributed by atoms with Gasteiger partial charge in [-0.1, -0.05) is 69.3 Å². The Morgan fingerprint density at radius 2 is 1.57 bits per heavy atom. The van der Waals surface area contributed by atoms with Gasteiger partial charge in [-0.2, -0.15) is 0 Å². The Morgan fingerprint density at radius 3 is 2.25 bits per heavy atom. The minimum Gasteiger partial charge on any atom is -0.368 e. The minimum absolute atomic E-state index is 0.0665. The van der Waals surface area contributed by atoms with Crippen LogP contribution >= 0.6 is 0 Å². The van der Waals surface area contributed by atoms with Crippen LogP contribution in [0.1, 0.15) is 38.3 Å². The van der Waals surface area contributed by atoms with E-state index in [9.17, 15) is 4.79 Å². The molecule has 0 atom stereocenters. The maximum absolute atomic E-state index is 12.5. The average molecular weight is 380 g/mol. The van der Waals surface area contributed by atoms with Crippen LogP contribution in [0.2, 0.25) is 0 Å². The molecule has 2 aromatic rings. The number of piperazine rings is 1. The van der Waals surface area contributed by atoms with Crippen molar-refractivity contribution in [2.24, 2.45) is 0 Å². The number of nitrogens with zero attached hydrogens (tertiary/aromatic N) is 2. The molecular formula is C24H33N3O. The van der Waals surface area contributed by atoms with Crippen molar-refractivity contribution in [1.29, 1.82) is 0 Å². The van der Waals surface area contributed by atoms with Crippen LogP contribution < -0.4 is 10.2 Å². The molecule has 0 saturated carbocycles. The fourth-order valence-electron chi connectivity index (χ4n) is 3.78. The second kappa shape index (κ2) is 9.13. The van der Waals surface area contributed by atoms with E-state index < -0.39 is 0 Å². The Balaban J connectivity index is 1.46. The van der Waals surface area contributed by atoms with Crippen molar-refractivity contribution in [3.63, 3.8) is 0 Å². The largest absolute Gasteiger partial charge is 0.368 e. The number of anilines is 1. The fourth-order valence-corrected chi connectivity index (χ4v) is 3.78.